The van der Waals surface area contributed by atoms with E-state index in [2.05, 4.69) is 5.32 Å². The summed E-state index contributed by atoms with van der Waals surface area (Å²) in [7, 11) is 0. The number of aliphatic hydroxyl groups excluding tert-OH is 1. The molecule has 1 aromatic rings. The number of hydrogen-bond acceptors (Lipinski definition) is 4. The van der Waals surface area contributed by atoms with Crippen LogP contribution in [0.1, 0.15) is 30.9 Å². The van der Waals surface area contributed by atoms with Gasteiger partial charge in [0.05, 0.1) is 19.1 Å². The van der Waals surface area contributed by atoms with Gasteiger partial charge in [0.15, 0.2) is 0 Å². The van der Waals surface area contributed by atoms with Gasteiger partial charge in [-0.05, 0) is 30.5 Å². The maximum Gasteiger partial charge on any atom is 0.236 e. The number of hydrogen-bond donors (Lipinski definition) is 2. The van der Waals surface area contributed by atoms with E-state index in [0.29, 0.717) is 31.7 Å². The highest BCUT2D eigenvalue weighted by Gasteiger charge is 2.32. The van der Waals surface area contributed by atoms with Crippen LogP contribution >= 0.6 is 0 Å². The third-order valence-corrected chi connectivity index (χ3v) is 4.92. The van der Waals surface area contributed by atoms with Crippen LogP contribution in [-0.2, 0) is 9.59 Å². The summed E-state index contributed by atoms with van der Waals surface area (Å²) in [6.45, 7) is 2.92. The molecule has 3 rings (SSSR count). The Morgan fingerprint density at radius 2 is 2.24 bits per heavy atom. The quantitative estimate of drug-likeness (QED) is 0.838. The van der Waals surface area contributed by atoms with Gasteiger partial charge in [-0.15, -0.1) is 0 Å². The van der Waals surface area contributed by atoms with Crippen molar-refractivity contribution in [1.29, 1.82) is 0 Å². The number of amides is 2. The number of likely N-dealkylation sites (tertiary alicyclic amines) is 1. The number of piperazine rings is 1. The molecule has 25 heavy (non-hydrogen) atoms. The van der Waals surface area contributed by atoms with E-state index in [1.54, 1.807) is 11.0 Å². The summed E-state index contributed by atoms with van der Waals surface area (Å²) in [5.74, 6) is -0.520. The van der Waals surface area contributed by atoms with E-state index in [4.69, 9.17) is 0 Å². The first-order valence-corrected chi connectivity index (χ1v) is 8.76. The molecule has 7 heteroatoms. The Hall–Kier alpha value is -1.99. The van der Waals surface area contributed by atoms with Crippen molar-refractivity contribution in [3.8, 4) is 0 Å². The fourth-order valence-electron chi connectivity index (χ4n) is 3.57. The van der Waals surface area contributed by atoms with Crippen LogP contribution in [0, 0.1) is 5.82 Å². The first-order chi connectivity index (χ1) is 12.0. The summed E-state index contributed by atoms with van der Waals surface area (Å²) in [5, 5.41) is 13.3. The predicted molar refractivity (Wildman–Crippen MR) is 90.2 cm³/mol. The van der Waals surface area contributed by atoms with Crippen molar-refractivity contribution in [2.75, 3.05) is 32.7 Å². The van der Waals surface area contributed by atoms with Crippen molar-refractivity contribution < 1.29 is 19.1 Å². The van der Waals surface area contributed by atoms with E-state index >= 15 is 0 Å². The van der Waals surface area contributed by atoms with Gasteiger partial charge in [0.25, 0.3) is 0 Å². The lowest BCUT2D eigenvalue weighted by Crippen LogP contribution is -2.57. The third kappa shape index (κ3) is 4.35. The normalized spacial score (nSPS) is 22.8. The Morgan fingerprint density at radius 3 is 3.00 bits per heavy atom. The Bertz CT molecular complexity index is 640. The zero-order chi connectivity index (χ0) is 17.8. The topological polar surface area (TPSA) is 72.9 Å². The summed E-state index contributed by atoms with van der Waals surface area (Å²) >= 11 is 0. The van der Waals surface area contributed by atoms with Crippen molar-refractivity contribution in [1.82, 2.24) is 15.1 Å². The molecule has 2 aliphatic heterocycles. The number of benzene rings is 1. The lowest BCUT2D eigenvalue weighted by atomic mass is 10.0. The van der Waals surface area contributed by atoms with Crippen LogP contribution in [0.15, 0.2) is 24.3 Å². The van der Waals surface area contributed by atoms with E-state index in [0.717, 1.165) is 19.4 Å². The van der Waals surface area contributed by atoms with E-state index in [1.807, 2.05) is 4.90 Å². The average molecular weight is 349 g/mol. The van der Waals surface area contributed by atoms with Gasteiger partial charge in [-0.3, -0.25) is 9.59 Å². The number of nitrogens with zero attached hydrogens (tertiary/aromatic N) is 2. The molecule has 6 nitrogen and oxygen atoms in total. The van der Waals surface area contributed by atoms with Crippen molar-refractivity contribution in [2.24, 2.45) is 0 Å². The van der Waals surface area contributed by atoms with Gasteiger partial charge in [-0.1, -0.05) is 12.1 Å². The summed E-state index contributed by atoms with van der Waals surface area (Å²) in [6, 6.07) is 5.72. The number of piperidine rings is 1. The van der Waals surface area contributed by atoms with Crippen LogP contribution in [-0.4, -0.2) is 65.5 Å². The number of rotatable bonds is 4. The van der Waals surface area contributed by atoms with Gasteiger partial charge in [0.1, 0.15) is 5.82 Å². The van der Waals surface area contributed by atoms with Gasteiger partial charge >= 0.3 is 0 Å². The molecule has 2 saturated heterocycles. The molecule has 136 valence electrons. The van der Waals surface area contributed by atoms with Crippen molar-refractivity contribution in [3.05, 3.63) is 35.6 Å². The molecule has 2 N–H and O–H groups in total. The molecule has 0 bridgehead atoms. The second kappa shape index (κ2) is 7.93. The first-order valence-electron chi connectivity index (χ1n) is 8.76. The number of aliphatic hydroxyl groups is 1. The van der Waals surface area contributed by atoms with Gasteiger partial charge in [0.2, 0.25) is 11.8 Å². The van der Waals surface area contributed by atoms with Crippen molar-refractivity contribution in [3.63, 3.8) is 0 Å². The third-order valence-electron chi connectivity index (χ3n) is 4.92. The Kier molecular flexibility index (Phi) is 5.65. The fraction of sp³-hybridized carbons (Fsp3) is 0.556. The van der Waals surface area contributed by atoms with Gasteiger partial charge < -0.3 is 20.2 Å². The van der Waals surface area contributed by atoms with E-state index < -0.39 is 11.9 Å². The second-order valence-corrected chi connectivity index (χ2v) is 6.67. The second-order valence-electron chi connectivity index (χ2n) is 6.67. The highest BCUT2D eigenvalue weighted by molar-refractivity contribution is 5.80. The molecule has 2 amide bonds. The average Bonchev–Trinajstić information content (AvgIpc) is 2.62. The smallest absolute Gasteiger partial charge is 0.236 e. The minimum atomic E-state index is -1.02. The lowest BCUT2D eigenvalue weighted by molar-refractivity contribution is -0.141. The zero-order valence-electron chi connectivity index (χ0n) is 14.2. The number of carbonyl (C=O) groups excluding carboxylic acids is 2. The predicted octanol–water partition coefficient (Wildman–Crippen LogP) is 0.672. The minimum Gasteiger partial charge on any atom is -0.388 e. The summed E-state index contributed by atoms with van der Waals surface area (Å²) < 4.78 is 13.3. The molecule has 0 aromatic heterocycles. The molecule has 0 spiro atoms. The Labute approximate surface area is 146 Å². The van der Waals surface area contributed by atoms with Crippen LogP contribution in [0.3, 0.4) is 0 Å². The molecule has 2 atom stereocenters. The largest absolute Gasteiger partial charge is 0.388 e. The summed E-state index contributed by atoms with van der Waals surface area (Å²) in [5.41, 5.74) is 0.402. The van der Waals surface area contributed by atoms with E-state index in [9.17, 15) is 19.1 Å². The van der Waals surface area contributed by atoms with E-state index in [1.165, 1.54) is 18.2 Å². The molecule has 0 saturated carbocycles. The Morgan fingerprint density at radius 1 is 1.40 bits per heavy atom. The first kappa shape index (κ1) is 17.8. The maximum atomic E-state index is 13.3. The van der Waals surface area contributed by atoms with Crippen LogP contribution < -0.4 is 5.32 Å². The van der Waals surface area contributed by atoms with E-state index in [-0.39, 0.29) is 24.3 Å². The SMILES string of the molecule is O=C(C[C@H](O)c1cccc(F)c1)N1CCC[C@@H](N2CCNCC2=O)C1. The summed E-state index contributed by atoms with van der Waals surface area (Å²) in [6.07, 6.45) is 0.626. The highest BCUT2D eigenvalue weighted by atomic mass is 19.1. The molecule has 2 fully saturated rings. The van der Waals surface area contributed by atoms with Crippen molar-refractivity contribution in [2.45, 2.75) is 31.4 Å². The zero-order valence-corrected chi connectivity index (χ0v) is 14.2. The monoisotopic (exact) mass is 349 g/mol. The van der Waals surface area contributed by atoms with Gasteiger partial charge in [0, 0.05) is 32.2 Å². The summed E-state index contributed by atoms with van der Waals surface area (Å²) in [4.78, 5) is 28.2. The number of carbonyl (C=O) groups is 2. The standard InChI is InChI=1S/C18H24FN3O3/c19-14-4-1-3-13(9-14)16(23)10-17(24)21-7-2-5-15(12-21)22-8-6-20-11-18(22)25/h1,3-4,9,15-16,20,23H,2,5-8,10-12H2/t15-,16+/m1/s1. The van der Waals surface area contributed by atoms with Crippen LogP contribution in [0.4, 0.5) is 4.39 Å². The maximum absolute atomic E-state index is 13.3. The van der Waals surface area contributed by atoms with Gasteiger partial charge in [-0.25, -0.2) is 4.39 Å². The van der Waals surface area contributed by atoms with Crippen LogP contribution in [0.5, 0.6) is 0 Å². The Balaban J connectivity index is 1.59. The lowest BCUT2D eigenvalue weighted by Gasteiger charge is -2.41. The molecule has 2 aliphatic rings. The number of halogens is 1. The number of nitrogens with one attached hydrogen (secondary N) is 1. The van der Waals surface area contributed by atoms with Gasteiger partial charge in [-0.2, -0.15) is 0 Å². The molecular formula is C18H24FN3O3. The molecular weight excluding hydrogens is 325 g/mol. The van der Waals surface area contributed by atoms with Crippen molar-refractivity contribution >= 4 is 11.8 Å². The van der Waals surface area contributed by atoms with Crippen LogP contribution in [0.2, 0.25) is 0 Å². The fourth-order valence-corrected chi connectivity index (χ4v) is 3.57. The highest BCUT2D eigenvalue weighted by Crippen LogP contribution is 2.22. The molecule has 1 aromatic carbocycles. The molecule has 2 heterocycles. The van der Waals surface area contributed by atoms with Crippen LogP contribution in [0.25, 0.3) is 0 Å². The molecule has 0 aliphatic carbocycles. The molecule has 0 radical (unpaired) electrons. The molecule has 0 unspecified atom stereocenters. The minimum absolute atomic E-state index is 0.0404.